The summed E-state index contributed by atoms with van der Waals surface area (Å²) in [6.07, 6.45) is -4.23. The number of aliphatic hydroxyl groups is 1. The number of carbonyl (C=O) groups is 1. The number of aliphatic hydroxyl groups excluding tert-OH is 1. The minimum atomic E-state index is -4.78. The number of rotatable bonds is 3. The van der Waals surface area contributed by atoms with Crippen LogP contribution < -0.4 is 0 Å². The smallest absolute Gasteiger partial charge is 0.396 e. The Bertz CT molecular complexity index is 603. The van der Waals surface area contributed by atoms with Crippen LogP contribution in [0.2, 0.25) is 0 Å². The third-order valence-corrected chi connectivity index (χ3v) is 3.53. The quantitative estimate of drug-likeness (QED) is 0.683. The first-order chi connectivity index (χ1) is 10.2. The van der Waals surface area contributed by atoms with Crippen LogP contribution in [0.15, 0.2) is 18.2 Å². The first-order valence-corrected chi connectivity index (χ1v) is 6.49. The van der Waals surface area contributed by atoms with E-state index in [-0.39, 0.29) is 24.6 Å². The lowest BCUT2D eigenvalue weighted by Gasteiger charge is -2.17. The average molecular weight is 318 g/mol. The van der Waals surface area contributed by atoms with Crippen LogP contribution in [0.25, 0.3) is 0 Å². The number of amides is 1. The number of nitro benzene ring substituents is 1. The summed E-state index contributed by atoms with van der Waals surface area (Å²) >= 11 is 0. The Morgan fingerprint density at radius 2 is 2.09 bits per heavy atom. The molecule has 0 aromatic heterocycles. The van der Waals surface area contributed by atoms with Crippen molar-refractivity contribution in [3.63, 3.8) is 0 Å². The Morgan fingerprint density at radius 3 is 2.59 bits per heavy atom. The molecule has 0 aliphatic carbocycles. The Kier molecular flexibility index (Phi) is 4.36. The fraction of sp³-hybridized carbons (Fsp3) is 0.462. The van der Waals surface area contributed by atoms with Crippen LogP contribution in [0, 0.1) is 16.0 Å². The van der Waals surface area contributed by atoms with Gasteiger partial charge in [-0.25, -0.2) is 0 Å². The number of nitro groups is 1. The van der Waals surface area contributed by atoms with E-state index in [4.69, 9.17) is 5.11 Å². The van der Waals surface area contributed by atoms with E-state index in [1.807, 2.05) is 0 Å². The fourth-order valence-corrected chi connectivity index (χ4v) is 2.35. The molecule has 0 radical (unpaired) electrons. The van der Waals surface area contributed by atoms with Crippen LogP contribution in [0.1, 0.15) is 22.3 Å². The van der Waals surface area contributed by atoms with E-state index < -0.39 is 28.3 Å². The van der Waals surface area contributed by atoms with Gasteiger partial charge < -0.3 is 10.0 Å². The van der Waals surface area contributed by atoms with Crippen molar-refractivity contribution in [2.75, 3.05) is 19.7 Å². The molecular weight excluding hydrogens is 305 g/mol. The van der Waals surface area contributed by atoms with Crippen LogP contribution in [0.3, 0.4) is 0 Å². The number of halogens is 3. The summed E-state index contributed by atoms with van der Waals surface area (Å²) < 4.78 is 38.4. The predicted molar refractivity (Wildman–Crippen MR) is 69.2 cm³/mol. The van der Waals surface area contributed by atoms with E-state index in [2.05, 4.69) is 0 Å². The van der Waals surface area contributed by atoms with E-state index in [0.717, 1.165) is 6.07 Å². The van der Waals surface area contributed by atoms with E-state index in [1.54, 1.807) is 0 Å². The highest BCUT2D eigenvalue weighted by molar-refractivity contribution is 5.95. The molecule has 1 heterocycles. The van der Waals surface area contributed by atoms with Crippen LogP contribution in [0.5, 0.6) is 0 Å². The minimum Gasteiger partial charge on any atom is -0.396 e. The Balaban J connectivity index is 2.35. The minimum absolute atomic E-state index is 0.119. The number of carbonyl (C=O) groups excluding carboxylic acids is 1. The van der Waals surface area contributed by atoms with Crippen molar-refractivity contribution in [3.8, 4) is 0 Å². The third-order valence-electron chi connectivity index (χ3n) is 3.53. The van der Waals surface area contributed by atoms with Gasteiger partial charge in [-0.15, -0.1) is 0 Å². The number of non-ortho nitro benzene ring substituents is 1. The maximum Gasteiger partial charge on any atom is 0.416 e. The summed E-state index contributed by atoms with van der Waals surface area (Å²) in [6, 6.07) is 1.85. The largest absolute Gasteiger partial charge is 0.416 e. The van der Waals surface area contributed by atoms with E-state index >= 15 is 0 Å². The van der Waals surface area contributed by atoms with Crippen molar-refractivity contribution >= 4 is 11.6 Å². The normalized spacial score (nSPS) is 18.5. The van der Waals surface area contributed by atoms with Gasteiger partial charge in [-0.2, -0.15) is 13.2 Å². The molecule has 2 rings (SSSR count). The van der Waals surface area contributed by atoms with Gasteiger partial charge in [0.25, 0.3) is 11.6 Å². The van der Waals surface area contributed by atoms with Gasteiger partial charge in [0.05, 0.1) is 10.5 Å². The van der Waals surface area contributed by atoms with Gasteiger partial charge in [0, 0.05) is 43.3 Å². The average Bonchev–Trinajstić information content (AvgIpc) is 2.93. The van der Waals surface area contributed by atoms with Gasteiger partial charge in [-0.1, -0.05) is 0 Å². The molecule has 1 aliphatic heterocycles. The summed E-state index contributed by atoms with van der Waals surface area (Å²) in [4.78, 5) is 23.3. The second kappa shape index (κ2) is 5.91. The number of alkyl halides is 3. The molecule has 1 saturated heterocycles. The molecule has 0 bridgehead atoms. The molecule has 1 aromatic carbocycles. The second-order valence-corrected chi connectivity index (χ2v) is 5.11. The highest BCUT2D eigenvalue weighted by Gasteiger charge is 2.34. The van der Waals surface area contributed by atoms with Crippen molar-refractivity contribution < 1.29 is 28.0 Å². The molecule has 0 saturated carbocycles. The highest BCUT2D eigenvalue weighted by atomic mass is 19.4. The molecule has 9 heteroatoms. The zero-order valence-corrected chi connectivity index (χ0v) is 11.3. The van der Waals surface area contributed by atoms with Crippen LogP contribution >= 0.6 is 0 Å². The molecule has 1 atom stereocenters. The van der Waals surface area contributed by atoms with Crippen molar-refractivity contribution in [1.82, 2.24) is 4.90 Å². The summed E-state index contributed by atoms with van der Waals surface area (Å²) in [5, 5.41) is 19.8. The number of hydrogen-bond donors (Lipinski definition) is 1. The standard InChI is InChI=1S/C13H13F3N2O4/c14-13(15,16)10-3-9(4-11(5-10)18(21)22)12(20)17-2-1-8(6-17)7-19/h3-5,8,19H,1-2,6-7H2. The highest BCUT2D eigenvalue weighted by Crippen LogP contribution is 2.33. The van der Waals surface area contributed by atoms with Crippen molar-refractivity contribution in [2.45, 2.75) is 12.6 Å². The molecule has 1 unspecified atom stereocenters. The van der Waals surface area contributed by atoms with Crippen LogP contribution in [-0.2, 0) is 6.18 Å². The molecule has 1 amide bonds. The first kappa shape index (κ1) is 16.2. The second-order valence-electron chi connectivity index (χ2n) is 5.11. The van der Waals surface area contributed by atoms with Crippen molar-refractivity contribution in [3.05, 3.63) is 39.4 Å². The summed E-state index contributed by atoms with van der Waals surface area (Å²) in [6.45, 7) is 0.403. The monoisotopic (exact) mass is 318 g/mol. The lowest BCUT2D eigenvalue weighted by Crippen LogP contribution is -2.29. The van der Waals surface area contributed by atoms with E-state index in [9.17, 15) is 28.1 Å². The van der Waals surface area contributed by atoms with Crippen LogP contribution in [0.4, 0.5) is 18.9 Å². The Hall–Kier alpha value is -2.16. The lowest BCUT2D eigenvalue weighted by atomic mass is 10.1. The summed E-state index contributed by atoms with van der Waals surface area (Å²) in [5.41, 5.74) is -2.39. The first-order valence-electron chi connectivity index (χ1n) is 6.49. The van der Waals surface area contributed by atoms with Gasteiger partial charge in [0.15, 0.2) is 0 Å². The molecule has 1 fully saturated rings. The van der Waals surface area contributed by atoms with E-state index in [0.29, 0.717) is 25.1 Å². The summed E-state index contributed by atoms with van der Waals surface area (Å²) in [5.74, 6) is -0.824. The Labute approximate surface area is 123 Å². The molecule has 22 heavy (non-hydrogen) atoms. The molecule has 0 spiro atoms. The van der Waals surface area contributed by atoms with Gasteiger partial charge in [-0.05, 0) is 12.5 Å². The summed E-state index contributed by atoms with van der Waals surface area (Å²) in [7, 11) is 0. The zero-order valence-electron chi connectivity index (χ0n) is 11.3. The van der Waals surface area contributed by atoms with E-state index in [1.165, 1.54) is 4.90 Å². The molecular formula is C13H13F3N2O4. The predicted octanol–water partition coefficient (Wildman–Crippen LogP) is 2.07. The number of benzene rings is 1. The molecule has 1 aromatic rings. The fourth-order valence-electron chi connectivity index (χ4n) is 2.35. The van der Waals surface area contributed by atoms with Crippen molar-refractivity contribution in [1.29, 1.82) is 0 Å². The maximum absolute atomic E-state index is 12.8. The molecule has 120 valence electrons. The van der Waals surface area contributed by atoms with Gasteiger partial charge >= 0.3 is 6.18 Å². The number of likely N-dealkylation sites (tertiary alicyclic amines) is 1. The maximum atomic E-state index is 12.8. The number of hydrogen-bond acceptors (Lipinski definition) is 4. The SMILES string of the molecule is O=C(c1cc([N+](=O)[O-])cc(C(F)(F)F)c1)N1CCC(CO)C1. The lowest BCUT2D eigenvalue weighted by molar-refractivity contribution is -0.385. The number of nitrogens with zero attached hydrogens (tertiary/aromatic N) is 2. The van der Waals surface area contributed by atoms with Crippen LogP contribution in [-0.4, -0.2) is 40.5 Å². The van der Waals surface area contributed by atoms with Gasteiger partial charge in [0.2, 0.25) is 0 Å². The molecule has 6 nitrogen and oxygen atoms in total. The zero-order chi connectivity index (χ0) is 16.5. The van der Waals surface area contributed by atoms with Gasteiger partial charge in [0.1, 0.15) is 0 Å². The van der Waals surface area contributed by atoms with Crippen molar-refractivity contribution in [2.24, 2.45) is 5.92 Å². The molecule has 1 aliphatic rings. The molecule has 1 N–H and O–H groups in total. The topological polar surface area (TPSA) is 83.7 Å². The van der Waals surface area contributed by atoms with Gasteiger partial charge in [-0.3, -0.25) is 14.9 Å². The third kappa shape index (κ3) is 3.35. The Morgan fingerprint density at radius 1 is 1.41 bits per heavy atom.